The molecule has 0 aromatic heterocycles. The molecule has 0 atom stereocenters. The number of nitrogens with one attached hydrogen (secondary N) is 1. The molecule has 0 saturated carbocycles. The fraction of sp³-hybridized carbons (Fsp3) is 0.357. The van der Waals surface area contributed by atoms with Gasteiger partial charge in [-0.05, 0) is 31.2 Å². The Hall–Kier alpha value is -1.86. The molecule has 0 heterocycles. The summed E-state index contributed by atoms with van der Waals surface area (Å²) in [6, 6.07) is 6.86. The number of benzene rings is 1. The molecule has 0 saturated heterocycles. The van der Waals surface area contributed by atoms with Crippen LogP contribution in [0.25, 0.3) is 0 Å². The number of ether oxygens (including phenoxy) is 1. The van der Waals surface area contributed by atoms with Gasteiger partial charge in [0.1, 0.15) is 5.75 Å². The predicted molar refractivity (Wildman–Crippen MR) is 82.9 cm³/mol. The molecule has 0 fully saturated rings. The van der Waals surface area contributed by atoms with E-state index in [-0.39, 0.29) is 13.1 Å². The number of sulfonamides is 1. The van der Waals surface area contributed by atoms with Gasteiger partial charge in [-0.15, -0.1) is 6.58 Å². The first-order valence-electron chi connectivity index (χ1n) is 6.45. The van der Waals surface area contributed by atoms with E-state index in [0.717, 1.165) is 10.6 Å². The molecular weight excluding hydrogens is 292 g/mol. The van der Waals surface area contributed by atoms with Gasteiger partial charge in [0.25, 0.3) is 0 Å². The predicted octanol–water partition coefficient (Wildman–Crippen LogP) is 1.47. The monoisotopic (exact) mass is 312 g/mol. The van der Waals surface area contributed by atoms with Crippen molar-refractivity contribution >= 4 is 21.6 Å². The summed E-state index contributed by atoms with van der Waals surface area (Å²) in [5.74, 6) is 0.298. The maximum atomic E-state index is 11.9. The molecule has 0 spiro atoms. The Morgan fingerprint density at radius 1 is 1.38 bits per heavy atom. The molecular formula is C14H20N2O4S. The van der Waals surface area contributed by atoms with Gasteiger partial charge in [-0.1, -0.05) is 6.08 Å². The second kappa shape index (κ2) is 7.80. The van der Waals surface area contributed by atoms with Crippen molar-refractivity contribution in [3.8, 4) is 5.75 Å². The second-order valence-electron chi connectivity index (χ2n) is 4.35. The number of hydrogen-bond acceptors (Lipinski definition) is 4. The van der Waals surface area contributed by atoms with Crippen LogP contribution in [0.4, 0.5) is 5.69 Å². The van der Waals surface area contributed by atoms with Gasteiger partial charge < -0.3 is 10.1 Å². The molecule has 1 aromatic rings. The van der Waals surface area contributed by atoms with Gasteiger partial charge in [0.2, 0.25) is 15.9 Å². The highest BCUT2D eigenvalue weighted by molar-refractivity contribution is 7.88. The van der Waals surface area contributed by atoms with Crippen LogP contribution < -0.4 is 10.1 Å². The first-order valence-corrected chi connectivity index (χ1v) is 8.30. The summed E-state index contributed by atoms with van der Waals surface area (Å²) in [6.45, 7) is 5.77. The summed E-state index contributed by atoms with van der Waals surface area (Å²) in [7, 11) is -3.45. The third-order valence-electron chi connectivity index (χ3n) is 2.57. The van der Waals surface area contributed by atoms with Gasteiger partial charge in [-0.2, -0.15) is 4.31 Å². The summed E-state index contributed by atoms with van der Waals surface area (Å²) < 4.78 is 29.4. The third kappa shape index (κ3) is 5.97. The first-order chi connectivity index (χ1) is 9.86. The van der Waals surface area contributed by atoms with Crippen molar-refractivity contribution in [2.75, 3.05) is 31.3 Å². The fourth-order valence-electron chi connectivity index (χ4n) is 1.62. The summed E-state index contributed by atoms with van der Waals surface area (Å²) in [6.07, 6.45) is 2.49. The van der Waals surface area contributed by atoms with E-state index in [4.69, 9.17) is 4.74 Å². The molecule has 0 radical (unpaired) electrons. The number of hydrogen-bond donors (Lipinski definition) is 1. The minimum absolute atomic E-state index is 0.0928. The van der Waals surface area contributed by atoms with E-state index in [1.165, 1.54) is 6.08 Å². The lowest BCUT2D eigenvalue weighted by Gasteiger charge is -2.17. The minimum atomic E-state index is -3.45. The van der Waals surface area contributed by atoms with Crippen LogP contribution in [0.3, 0.4) is 0 Å². The minimum Gasteiger partial charge on any atom is -0.494 e. The van der Waals surface area contributed by atoms with Gasteiger partial charge >= 0.3 is 0 Å². The van der Waals surface area contributed by atoms with E-state index < -0.39 is 15.9 Å². The van der Waals surface area contributed by atoms with Crippen LogP contribution in [-0.2, 0) is 14.8 Å². The van der Waals surface area contributed by atoms with Gasteiger partial charge in [0.05, 0.1) is 19.4 Å². The Morgan fingerprint density at radius 3 is 2.48 bits per heavy atom. The van der Waals surface area contributed by atoms with Gasteiger partial charge in [-0.3, -0.25) is 4.79 Å². The number of carbonyl (C=O) groups is 1. The zero-order valence-electron chi connectivity index (χ0n) is 12.2. The van der Waals surface area contributed by atoms with E-state index in [9.17, 15) is 13.2 Å². The fourth-order valence-corrected chi connectivity index (χ4v) is 2.35. The van der Waals surface area contributed by atoms with Crippen LogP contribution in [0, 0.1) is 0 Å². The van der Waals surface area contributed by atoms with Crippen LogP contribution in [0.1, 0.15) is 6.92 Å². The molecule has 0 aliphatic carbocycles. The lowest BCUT2D eigenvalue weighted by Crippen LogP contribution is -2.37. The Labute approximate surface area is 125 Å². The molecule has 1 rings (SSSR count). The van der Waals surface area contributed by atoms with Crippen molar-refractivity contribution in [2.24, 2.45) is 0 Å². The highest BCUT2D eigenvalue weighted by Crippen LogP contribution is 2.15. The summed E-state index contributed by atoms with van der Waals surface area (Å²) in [4.78, 5) is 11.9. The average molecular weight is 312 g/mol. The van der Waals surface area contributed by atoms with E-state index >= 15 is 0 Å². The molecule has 116 valence electrons. The topological polar surface area (TPSA) is 75.7 Å². The molecule has 1 amide bonds. The lowest BCUT2D eigenvalue weighted by molar-refractivity contribution is -0.116. The molecule has 0 aliphatic rings. The molecule has 0 aliphatic heterocycles. The Kier molecular flexibility index (Phi) is 6.39. The highest BCUT2D eigenvalue weighted by Gasteiger charge is 2.18. The van der Waals surface area contributed by atoms with Gasteiger partial charge in [0, 0.05) is 12.2 Å². The van der Waals surface area contributed by atoms with Crippen LogP contribution >= 0.6 is 0 Å². The number of carbonyl (C=O) groups excluding carboxylic acids is 1. The number of nitrogens with zero attached hydrogens (tertiary/aromatic N) is 1. The van der Waals surface area contributed by atoms with Crippen LogP contribution in [0.2, 0.25) is 0 Å². The molecule has 0 unspecified atom stereocenters. The number of amides is 1. The summed E-state index contributed by atoms with van der Waals surface area (Å²) >= 11 is 0. The Morgan fingerprint density at radius 2 is 2.00 bits per heavy atom. The van der Waals surface area contributed by atoms with Crippen molar-refractivity contribution in [3.05, 3.63) is 36.9 Å². The number of anilines is 1. The van der Waals surface area contributed by atoms with E-state index in [0.29, 0.717) is 18.0 Å². The van der Waals surface area contributed by atoms with Gasteiger partial charge in [0.15, 0.2) is 0 Å². The van der Waals surface area contributed by atoms with E-state index in [1.54, 1.807) is 24.3 Å². The molecule has 1 N–H and O–H groups in total. The lowest BCUT2D eigenvalue weighted by atomic mass is 10.3. The van der Waals surface area contributed by atoms with Crippen molar-refractivity contribution in [2.45, 2.75) is 6.92 Å². The van der Waals surface area contributed by atoms with Crippen molar-refractivity contribution in [3.63, 3.8) is 0 Å². The van der Waals surface area contributed by atoms with Gasteiger partial charge in [-0.25, -0.2) is 8.42 Å². The first kappa shape index (κ1) is 17.2. The molecule has 6 nitrogen and oxygen atoms in total. The normalized spacial score (nSPS) is 11.2. The third-order valence-corrected chi connectivity index (χ3v) is 3.79. The SMILES string of the molecule is C=CCN(CC(=O)Nc1ccc(OCC)cc1)S(C)(=O)=O. The van der Waals surface area contributed by atoms with Crippen molar-refractivity contribution in [1.29, 1.82) is 0 Å². The molecule has 7 heteroatoms. The zero-order chi connectivity index (χ0) is 15.9. The largest absolute Gasteiger partial charge is 0.494 e. The van der Waals surface area contributed by atoms with E-state index in [1.807, 2.05) is 6.92 Å². The Bertz CT molecular complexity index is 581. The summed E-state index contributed by atoms with van der Waals surface area (Å²) in [5, 5.41) is 2.64. The summed E-state index contributed by atoms with van der Waals surface area (Å²) in [5.41, 5.74) is 0.579. The van der Waals surface area contributed by atoms with Crippen LogP contribution in [-0.4, -0.2) is 44.6 Å². The molecule has 1 aromatic carbocycles. The molecule has 21 heavy (non-hydrogen) atoms. The quantitative estimate of drug-likeness (QED) is 0.738. The second-order valence-corrected chi connectivity index (χ2v) is 6.33. The standard InChI is InChI=1S/C14H20N2O4S/c1-4-10-16(21(3,18)19)11-14(17)15-12-6-8-13(9-7-12)20-5-2/h4,6-9H,1,5,10-11H2,2-3H3,(H,15,17). The van der Waals surface area contributed by atoms with Crippen LogP contribution in [0.15, 0.2) is 36.9 Å². The van der Waals surface area contributed by atoms with E-state index in [2.05, 4.69) is 11.9 Å². The maximum Gasteiger partial charge on any atom is 0.239 e. The number of rotatable bonds is 8. The maximum absolute atomic E-state index is 11.9. The van der Waals surface area contributed by atoms with Crippen LogP contribution in [0.5, 0.6) is 5.75 Å². The zero-order valence-corrected chi connectivity index (χ0v) is 13.0. The van der Waals surface area contributed by atoms with Crippen molar-refractivity contribution < 1.29 is 17.9 Å². The highest BCUT2D eigenvalue weighted by atomic mass is 32.2. The average Bonchev–Trinajstić information content (AvgIpc) is 2.40. The smallest absolute Gasteiger partial charge is 0.239 e. The van der Waals surface area contributed by atoms with Crippen molar-refractivity contribution in [1.82, 2.24) is 4.31 Å². The Balaban J connectivity index is 2.65. The molecule has 0 bridgehead atoms.